The minimum Gasteiger partial charge on any atom is -0.380 e. The molecular weight excluding hydrogens is 472 g/mol. The molecule has 1 aliphatic carbocycles. The highest BCUT2D eigenvalue weighted by Crippen LogP contribution is 2.49. The normalized spacial score (nSPS) is 17.8. The standard InChI is InChI=1S/C27H24N6O4/c1-14-10-21(31-37-14)27(2,36)8-6-15-4-5-18-16-12-17(13-16)33-23(24(34)20-7-9-29-32(20)3)22(25(28)35)30-26(33)19(18)11-15/h4-5,7,9-12,17,24,34,36H,13H2,1-3H3,(H2,28,35)/t17?,24?,27-/m1/s1. The summed E-state index contributed by atoms with van der Waals surface area (Å²) in [4.78, 5) is 17.1. The molecule has 0 spiro atoms. The molecule has 2 aliphatic heterocycles. The number of allylic oxidation sites excluding steroid dienone is 2. The van der Waals surface area contributed by atoms with Crippen LogP contribution in [0.2, 0.25) is 0 Å². The zero-order chi connectivity index (χ0) is 26.1. The van der Waals surface area contributed by atoms with Gasteiger partial charge in [0.25, 0.3) is 5.91 Å². The molecule has 1 aromatic carbocycles. The van der Waals surface area contributed by atoms with Crippen molar-refractivity contribution < 1.29 is 19.5 Å². The second kappa shape index (κ2) is 8.03. The zero-order valence-corrected chi connectivity index (χ0v) is 20.4. The SMILES string of the molecule is Cc1cc([C@](C)(O)C#Cc2ccc3c(c2)-c2nc(C(N)=O)c(C(O)c4ccnn4C)n2C2C=C3C2)no1. The van der Waals surface area contributed by atoms with Crippen LogP contribution in [-0.4, -0.2) is 40.6 Å². The van der Waals surface area contributed by atoms with E-state index in [9.17, 15) is 15.0 Å². The van der Waals surface area contributed by atoms with Crippen LogP contribution < -0.4 is 5.73 Å². The number of nitrogens with zero attached hydrogens (tertiary/aromatic N) is 5. The third kappa shape index (κ3) is 3.59. The summed E-state index contributed by atoms with van der Waals surface area (Å²) in [7, 11) is 1.72. The molecule has 186 valence electrons. The molecule has 4 N–H and O–H groups in total. The number of nitrogens with two attached hydrogens (primary N) is 1. The monoisotopic (exact) mass is 496 g/mol. The van der Waals surface area contributed by atoms with E-state index in [1.54, 1.807) is 43.9 Å². The molecule has 5 heterocycles. The van der Waals surface area contributed by atoms with Crippen molar-refractivity contribution in [2.75, 3.05) is 0 Å². The number of aromatic nitrogens is 5. The number of hydrogen-bond donors (Lipinski definition) is 3. The highest BCUT2D eigenvalue weighted by Gasteiger charge is 2.38. The van der Waals surface area contributed by atoms with Crippen LogP contribution in [-0.2, 0) is 12.6 Å². The zero-order valence-electron chi connectivity index (χ0n) is 20.4. The summed E-state index contributed by atoms with van der Waals surface area (Å²) in [5.41, 5.74) is 8.94. The van der Waals surface area contributed by atoms with Crippen LogP contribution in [0.15, 0.2) is 47.1 Å². The molecule has 10 nitrogen and oxygen atoms in total. The van der Waals surface area contributed by atoms with Gasteiger partial charge in [0.05, 0.1) is 17.4 Å². The minimum atomic E-state index is -1.51. The molecule has 3 aliphatic rings. The Bertz CT molecular complexity index is 1680. The number of carbonyl (C=O) groups excluding carboxylic acids is 1. The molecule has 4 aromatic rings. The molecule has 0 fully saturated rings. The van der Waals surface area contributed by atoms with Gasteiger partial charge in [0.15, 0.2) is 11.3 Å². The number of aliphatic hydroxyl groups is 2. The average Bonchev–Trinajstić information content (AvgIpc) is 3.53. The first-order valence-electron chi connectivity index (χ1n) is 11.8. The Morgan fingerprint density at radius 2 is 2.08 bits per heavy atom. The summed E-state index contributed by atoms with van der Waals surface area (Å²) >= 11 is 0. The molecule has 2 unspecified atom stereocenters. The van der Waals surface area contributed by atoms with E-state index in [2.05, 4.69) is 33.2 Å². The molecule has 0 radical (unpaired) electrons. The Morgan fingerprint density at radius 1 is 1.30 bits per heavy atom. The highest BCUT2D eigenvalue weighted by atomic mass is 16.5. The Kier molecular flexibility index (Phi) is 4.98. The van der Waals surface area contributed by atoms with E-state index in [0.29, 0.717) is 34.2 Å². The van der Waals surface area contributed by atoms with Gasteiger partial charge in [-0.1, -0.05) is 29.1 Å². The number of amides is 1. The van der Waals surface area contributed by atoms with Gasteiger partial charge in [0.1, 0.15) is 23.4 Å². The van der Waals surface area contributed by atoms with Crippen LogP contribution in [0.1, 0.15) is 69.9 Å². The van der Waals surface area contributed by atoms with Crippen LogP contribution >= 0.6 is 0 Å². The van der Waals surface area contributed by atoms with Gasteiger partial charge < -0.3 is 25.0 Å². The maximum absolute atomic E-state index is 12.5. The van der Waals surface area contributed by atoms with E-state index in [4.69, 9.17) is 10.3 Å². The molecular formula is C27H24N6O4. The highest BCUT2D eigenvalue weighted by molar-refractivity contribution is 5.94. The second-order valence-electron chi connectivity index (χ2n) is 9.55. The van der Waals surface area contributed by atoms with E-state index >= 15 is 0 Å². The lowest BCUT2D eigenvalue weighted by Crippen LogP contribution is -2.22. The summed E-state index contributed by atoms with van der Waals surface area (Å²) in [5, 5.41) is 30.2. The number of rotatable bonds is 4. The summed E-state index contributed by atoms with van der Waals surface area (Å²) in [6, 6.07) is 8.96. The van der Waals surface area contributed by atoms with Gasteiger partial charge in [-0.3, -0.25) is 9.48 Å². The van der Waals surface area contributed by atoms with E-state index in [-0.39, 0.29) is 11.7 Å². The van der Waals surface area contributed by atoms with Gasteiger partial charge in [-0.15, -0.1) is 0 Å². The van der Waals surface area contributed by atoms with Crippen LogP contribution in [0.4, 0.5) is 0 Å². The molecule has 7 rings (SSSR count). The predicted molar refractivity (Wildman–Crippen MR) is 133 cm³/mol. The fourth-order valence-electron chi connectivity index (χ4n) is 4.94. The van der Waals surface area contributed by atoms with Crippen LogP contribution in [0, 0.1) is 18.8 Å². The van der Waals surface area contributed by atoms with Gasteiger partial charge in [0, 0.05) is 30.4 Å². The van der Waals surface area contributed by atoms with Gasteiger partial charge in [0.2, 0.25) is 0 Å². The Balaban J connectivity index is 1.49. The Labute approximate surface area is 212 Å². The predicted octanol–water partition coefficient (Wildman–Crippen LogP) is 2.36. The largest absolute Gasteiger partial charge is 0.380 e. The Morgan fingerprint density at radius 3 is 2.73 bits per heavy atom. The first-order valence-corrected chi connectivity index (χ1v) is 11.8. The van der Waals surface area contributed by atoms with E-state index in [1.165, 1.54) is 0 Å². The van der Waals surface area contributed by atoms with Gasteiger partial charge in [-0.05, 0) is 49.6 Å². The van der Waals surface area contributed by atoms with E-state index in [0.717, 1.165) is 23.1 Å². The summed E-state index contributed by atoms with van der Waals surface area (Å²) in [5.74, 6) is 6.28. The Hall–Kier alpha value is -4.46. The van der Waals surface area contributed by atoms with E-state index in [1.807, 2.05) is 22.8 Å². The van der Waals surface area contributed by atoms with Crippen molar-refractivity contribution in [1.82, 2.24) is 24.5 Å². The first-order chi connectivity index (χ1) is 17.6. The van der Waals surface area contributed by atoms with Crippen molar-refractivity contribution in [1.29, 1.82) is 0 Å². The third-order valence-electron chi connectivity index (χ3n) is 6.92. The quantitative estimate of drug-likeness (QED) is 0.368. The van der Waals surface area contributed by atoms with Gasteiger partial charge in [-0.2, -0.15) is 5.10 Å². The fraction of sp³-hybridized carbons (Fsp3) is 0.259. The average molecular weight is 497 g/mol. The number of primary amides is 1. The summed E-state index contributed by atoms with van der Waals surface area (Å²) < 4.78 is 8.52. The van der Waals surface area contributed by atoms with Crippen molar-refractivity contribution in [3.05, 3.63) is 82.3 Å². The van der Waals surface area contributed by atoms with Crippen LogP contribution in [0.3, 0.4) is 0 Å². The number of hydrogen-bond acceptors (Lipinski definition) is 7. The van der Waals surface area contributed by atoms with E-state index < -0.39 is 17.6 Å². The van der Waals surface area contributed by atoms with Crippen molar-refractivity contribution in [3.8, 4) is 23.2 Å². The lowest BCUT2D eigenvalue weighted by atomic mass is 9.86. The molecule has 37 heavy (non-hydrogen) atoms. The lowest BCUT2D eigenvalue weighted by molar-refractivity contribution is 0.0989. The first kappa shape index (κ1) is 23.0. The topological polar surface area (TPSA) is 145 Å². The lowest BCUT2D eigenvalue weighted by Gasteiger charge is -2.27. The summed E-state index contributed by atoms with van der Waals surface area (Å²) in [6.45, 7) is 3.30. The molecule has 2 bridgehead atoms. The maximum Gasteiger partial charge on any atom is 0.269 e. The number of aryl methyl sites for hydroxylation is 2. The van der Waals surface area contributed by atoms with Crippen molar-refractivity contribution in [3.63, 3.8) is 0 Å². The van der Waals surface area contributed by atoms with Crippen molar-refractivity contribution >= 4 is 11.5 Å². The number of aliphatic hydroxyl groups excluding tert-OH is 1. The minimum absolute atomic E-state index is 0.0132. The fourth-order valence-corrected chi connectivity index (χ4v) is 4.94. The molecule has 1 amide bonds. The van der Waals surface area contributed by atoms with Gasteiger partial charge >= 0.3 is 0 Å². The van der Waals surface area contributed by atoms with Crippen LogP contribution in [0.25, 0.3) is 17.0 Å². The van der Waals surface area contributed by atoms with Crippen LogP contribution in [0.5, 0.6) is 0 Å². The molecule has 3 aromatic heterocycles. The second-order valence-corrected chi connectivity index (χ2v) is 9.55. The third-order valence-corrected chi connectivity index (χ3v) is 6.92. The molecule has 0 saturated carbocycles. The summed E-state index contributed by atoms with van der Waals surface area (Å²) in [6.07, 6.45) is 3.26. The maximum atomic E-state index is 12.5. The van der Waals surface area contributed by atoms with Crippen molar-refractivity contribution in [2.24, 2.45) is 12.8 Å². The number of benzene rings is 1. The van der Waals surface area contributed by atoms with Crippen molar-refractivity contribution in [2.45, 2.75) is 38.0 Å². The van der Waals surface area contributed by atoms with Gasteiger partial charge in [-0.25, -0.2) is 4.98 Å². The molecule has 10 heteroatoms. The molecule has 0 saturated heterocycles. The smallest absolute Gasteiger partial charge is 0.269 e. The number of imidazole rings is 1. The number of carbonyl (C=O) groups is 1. The molecule has 3 atom stereocenters.